The molecule has 0 aromatic carbocycles. The second kappa shape index (κ2) is 52.8. The summed E-state index contributed by atoms with van der Waals surface area (Å²) < 4.78 is 66.4. The average molecular weight is 804 g/mol. The number of hydrogen-bond acceptors (Lipinski definition) is 12. The van der Waals surface area contributed by atoms with Crippen LogP contribution >= 0.6 is 11.6 Å². The fourth-order valence-corrected chi connectivity index (χ4v) is 5.23. The average Bonchev–Trinajstić information content (AvgIpc) is 3.18. The monoisotopic (exact) mass is 803 g/mol. The highest BCUT2D eigenvalue weighted by molar-refractivity contribution is 6.17. The number of hydrogen-bond donors (Lipinski definition) is 0. The Bertz CT molecular complexity index is 589. The van der Waals surface area contributed by atoms with Gasteiger partial charge in [0.1, 0.15) is 0 Å². The van der Waals surface area contributed by atoms with Crippen LogP contribution in [0.2, 0.25) is 0 Å². The van der Waals surface area contributed by atoms with E-state index in [0.29, 0.717) is 145 Å². The Kier molecular flexibility index (Phi) is 52.6. The van der Waals surface area contributed by atoms with Gasteiger partial charge in [-0.2, -0.15) is 0 Å². The summed E-state index contributed by atoms with van der Waals surface area (Å²) >= 11 is 5.66. The molecule has 13 heteroatoms. The molecule has 0 unspecified atom stereocenters. The summed E-state index contributed by atoms with van der Waals surface area (Å²) in [5.74, 6) is 0.745. The lowest BCUT2D eigenvalue weighted by atomic mass is 10.1. The molecule has 0 aliphatic heterocycles. The Labute approximate surface area is 335 Å². The van der Waals surface area contributed by atoms with Crippen LogP contribution in [0.1, 0.15) is 103 Å². The first-order valence-electron chi connectivity index (χ1n) is 21.4. The summed E-state index contributed by atoms with van der Waals surface area (Å²) in [4.78, 5) is 0. The number of unbranched alkanes of at least 4 members (excludes halogenated alkanes) is 13. The normalized spacial score (nSPS) is 11.7. The zero-order valence-corrected chi connectivity index (χ0v) is 35.3. The second-order valence-corrected chi connectivity index (χ2v) is 13.4. The smallest absolute Gasteiger partial charge is 0.0701 e. The maximum Gasteiger partial charge on any atom is 0.0701 e. The van der Waals surface area contributed by atoms with Gasteiger partial charge in [-0.1, -0.05) is 84.0 Å². The number of ether oxygens (including phenoxy) is 12. The van der Waals surface area contributed by atoms with Crippen LogP contribution in [0.15, 0.2) is 0 Å². The molecule has 0 fully saturated rings. The zero-order chi connectivity index (χ0) is 38.8. The minimum atomic E-state index is 0.519. The van der Waals surface area contributed by atoms with Crippen molar-refractivity contribution in [2.45, 2.75) is 103 Å². The first-order chi connectivity index (χ1) is 26.9. The molecule has 12 nitrogen and oxygen atoms in total. The number of alkyl halides is 1. The molecule has 0 aliphatic carbocycles. The maximum atomic E-state index is 5.66. The maximum absolute atomic E-state index is 5.66. The fraction of sp³-hybridized carbons (Fsp3) is 1.00. The molecule has 0 radical (unpaired) electrons. The number of rotatable bonds is 51. The third-order valence-corrected chi connectivity index (χ3v) is 8.42. The van der Waals surface area contributed by atoms with Crippen molar-refractivity contribution in [2.24, 2.45) is 0 Å². The third kappa shape index (κ3) is 51.8. The van der Waals surface area contributed by atoms with E-state index in [-0.39, 0.29) is 0 Å². The molecular weight excluding hydrogens is 720 g/mol. The van der Waals surface area contributed by atoms with Crippen molar-refractivity contribution in [2.75, 3.05) is 164 Å². The summed E-state index contributed by atoms with van der Waals surface area (Å²) in [6.45, 7) is 16.0. The molecule has 0 rings (SSSR count). The lowest BCUT2D eigenvalue weighted by Crippen LogP contribution is -2.15. The summed E-state index contributed by atoms with van der Waals surface area (Å²) in [5, 5.41) is 0. The molecule has 0 atom stereocenters. The quantitative estimate of drug-likeness (QED) is 0.0455. The van der Waals surface area contributed by atoms with E-state index in [2.05, 4.69) is 6.92 Å². The minimum absolute atomic E-state index is 0.519. The fourth-order valence-electron chi connectivity index (χ4n) is 5.04. The standard InChI is InChI=1S/C41H83ClO12/c1-2-3-4-5-6-7-8-9-10-12-15-18-43-20-22-45-24-26-47-28-30-49-32-34-51-36-38-53-40-41-54-39-37-52-35-33-50-31-29-48-27-25-46-23-21-44-19-16-13-11-14-17-42/h2-41H2,1H3. The van der Waals surface area contributed by atoms with Crippen LogP contribution in [0.3, 0.4) is 0 Å². The van der Waals surface area contributed by atoms with Gasteiger partial charge >= 0.3 is 0 Å². The lowest BCUT2D eigenvalue weighted by Gasteiger charge is -2.09. The van der Waals surface area contributed by atoms with Crippen molar-refractivity contribution < 1.29 is 56.8 Å². The molecule has 326 valence electrons. The van der Waals surface area contributed by atoms with Crippen LogP contribution < -0.4 is 0 Å². The van der Waals surface area contributed by atoms with Gasteiger partial charge in [-0.05, 0) is 19.3 Å². The Hall–Kier alpha value is -0.190. The van der Waals surface area contributed by atoms with Crippen molar-refractivity contribution in [3.63, 3.8) is 0 Å². The van der Waals surface area contributed by atoms with Crippen molar-refractivity contribution in [1.29, 1.82) is 0 Å². The van der Waals surface area contributed by atoms with Gasteiger partial charge in [0.05, 0.1) is 145 Å². The van der Waals surface area contributed by atoms with E-state index in [4.69, 9.17) is 68.4 Å². The van der Waals surface area contributed by atoms with Crippen molar-refractivity contribution in [3.05, 3.63) is 0 Å². The molecule has 0 N–H and O–H groups in total. The van der Waals surface area contributed by atoms with E-state index < -0.39 is 0 Å². The van der Waals surface area contributed by atoms with Crippen LogP contribution in [0.25, 0.3) is 0 Å². The summed E-state index contributed by atoms with van der Waals surface area (Å²) in [5.41, 5.74) is 0. The molecule has 0 spiro atoms. The Morgan fingerprint density at radius 2 is 0.370 bits per heavy atom. The summed E-state index contributed by atoms with van der Waals surface area (Å²) in [6.07, 6.45) is 19.4. The molecule has 0 saturated carbocycles. The molecule has 0 bridgehead atoms. The molecule has 0 heterocycles. The molecule has 0 aromatic rings. The van der Waals surface area contributed by atoms with Crippen molar-refractivity contribution in [3.8, 4) is 0 Å². The van der Waals surface area contributed by atoms with Crippen LogP contribution in [-0.4, -0.2) is 164 Å². The predicted octanol–water partition coefficient (Wildman–Crippen LogP) is 7.30. The van der Waals surface area contributed by atoms with Gasteiger partial charge in [-0.15, -0.1) is 11.6 Å². The third-order valence-electron chi connectivity index (χ3n) is 8.16. The van der Waals surface area contributed by atoms with Gasteiger partial charge < -0.3 is 56.8 Å². The largest absolute Gasteiger partial charge is 0.379 e. The molecule has 0 aliphatic rings. The Morgan fingerprint density at radius 1 is 0.204 bits per heavy atom. The SMILES string of the molecule is CCCCCCCCCCCCCOCCOCCOCCOCCOCCOCCOCCOCCOCCOCCOCCOCCCCCCCl. The van der Waals surface area contributed by atoms with Gasteiger partial charge in [-0.25, -0.2) is 0 Å². The molecule has 0 saturated heterocycles. The van der Waals surface area contributed by atoms with Crippen LogP contribution in [0.5, 0.6) is 0 Å². The van der Waals surface area contributed by atoms with Gasteiger partial charge in [0.2, 0.25) is 0 Å². The molecule has 0 amide bonds. The Morgan fingerprint density at radius 3 is 0.574 bits per heavy atom. The highest BCUT2D eigenvalue weighted by Crippen LogP contribution is 2.11. The van der Waals surface area contributed by atoms with Gasteiger partial charge in [-0.3, -0.25) is 0 Å². The van der Waals surface area contributed by atoms with E-state index in [0.717, 1.165) is 38.4 Å². The molecule has 0 aromatic heterocycles. The first kappa shape index (κ1) is 53.8. The minimum Gasteiger partial charge on any atom is -0.379 e. The van der Waals surface area contributed by atoms with Crippen molar-refractivity contribution >= 4 is 11.6 Å². The molecule has 54 heavy (non-hydrogen) atoms. The van der Waals surface area contributed by atoms with E-state index in [1.165, 1.54) is 77.0 Å². The van der Waals surface area contributed by atoms with Gasteiger partial charge in [0.25, 0.3) is 0 Å². The van der Waals surface area contributed by atoms with Crippen LogP contribution in [0.4, 0.5) is 0 Å². The first-order valence-corrected chi connectivity index (χ1v) is 21.9. The second-order valence-electron chi connectivity index (χ2n) is 13.0. The van der Waals surface area contributed by atoms with E-state index >= 15 is 0 Å². The van der Waals surface area contributed by atoms with E-state index in [1.54, 1.807) is 0 Å². The van der Waals surface area contributed by atoms with Crippen LogP contribution in [-0.2, 0) is 56.8 Å². The molecular formula is C41H83ClO12. The highest BCUT2D eigenvalue weighted by atomic mass is 35.5. The van der Waals surface area contributed by atoms with Gasteiger partial charge in [0.15, 0.2) is 0 Å². The number of halogens is 1. The lowest BCUT2D eigenvalue weighted by molar-refractivity contribution is -0.0284. The topological polar surface area (TPSA) is 111 Å². The highest BCUT2D eigenvalue weighted by Gasteiger charge is 1.98. The summed E-state index contributed by atoms with van der Waals surface area (Å²) in [7, 11) is 0. The van der Waals surface area contributed by atoms with Crippen LogP contribution in [0, 0.1) is 0 Å². The van der Waals surface area contributed by atoms with E-state index in [9.17, 15) is 0 Å². The predicted molar refractivity (Wildman–Crippen MR) is 215 cm³/mol. The van der Waals surface area contributed by atoms with Gasteiger partial charge in [0, 0.05) is 19.1 Å². The Balaban J connectivity index is 3.05. The van der Waals surface area contributed by atoms with E-state index in [1.807, 2.05) is 0 Å². The van der Waals surface area contributed by atoms with Crippen molar-refractivity contribution in [1.82, 2.24) is 0 Å². The zero-order valence-electron chi connectivity index (χ0n) is 34.6. The summed E-state index contributed by atoms with van der Waals surface area (Å²) in [6, 6.07) is 0.